The van der Waals surface area contributed by atoms with Crippen LogP contribution in [0, 0.1) is 0 Å². The van der Waals surface area contributed by atoms with Gasteiger partial charge in [-0.15, -0.1) is 10.2 Å². The third-order valence-electron chi connectivity index (χ3n) is 4.65. The van der Waals surface area contributed by atoms with Crippen LogP contribution in [0.5, 0.6) is 5.75 Å². The van der Waals surface area contributed by atoms with Crippen molar-refractivity contribution in [2.24, 2.45) is 7.05 Å². The fourth-order valence-corrected chi connectivity index (χ4v) is 4.13. The van der Waals surface area contributed by atoms with Crippen molar-refractivity contribution in [3.63, 3.8) is 0 Å². The third kappa shape index (κ3) is 5.93. The number of ether oxygens (including phenoxy) is 1. The van der Waals surface area contributed by atoms with E-state index in [2.05, 4.69) is 41.5 Å². The van der Waals surface area contributed by atoms with E-state index in [1.165, 1.54) is 17.3 Å². The molecule has 0 aliphatic carbocycles. The van der Waals surface area contributed by atoms with Gasteiger partial charge in [0.05, 0.1) is 21.5 Å². The lowest BCUT2D eigenvalue weighted by molar-refractivity contribution is -0.113. The Hall–Kier alpha value is -2.22. The summed E-state index contributed by atoms with van der Waals surface area (Å²) in [5.74, 6) is 1.81. The molecule has 0 saturated carbocycles. The number of para-hydroxylation sites is 1. The molecule has 1 aromatic heterocycles. The summed E-state index contributed by atoms with van der Waals surface area (Å²) in [4.78, 5) is 12.3. The van der Waals surface area contributed by atoms with Gasteiger partial charge in [0, 0.05) is 7.05 Å². The first-order valence-corrected chi connectivity index (χ1v) is 11.5. The van der Waals surface area contributed by atoms with Gasteiger partial charge in [-0.1, -0.05) is 67.0 Å². The molecule has 31 heavy (non-hydrogen) atoms. The Bertz CT molecular complexity index is 1030. The SMILES string of the molecule is CC(C)c1ccc(OC(C)c2nnc(SCC(=O)Nc3c(Cl)cccc3Cl)n2C)cc1. The van der Waals surface area contributed by atoms with Crippen LogP contribution in [0.1, 0.15) is 44.2 Å². The van der Waals surface area contributed by atoms with E-state index in [9.17, 15) is 4.79 Å². The van der Waals surface area contributed by atoms with Crippen LogP contribution >= 0.6 is 35.0 Å². The number of halogens is 2. The molecule has 6 nitrogen and oxygen atoms in total. The van der Waals surface area contributed by atoms with E-state index >= 15 is 0 Å². The van der Waals surface area contributed by atoms with E-state index in [0.29, 0.717) is 32.6 Å². The number of aromatic nitrogens is 3. The highest BCUT2D eigenvalue weighted by Crippen LogP contribution is 2.30. The zero-order chi connectivity index (χ0) is 22.5. The van der Waals surface area contributed by atoms with Crippen LogP contribution in [0.2, 0.25) is 10.0 Å². The molecule has 0 saturated heterocycles. The van der Waals surface area contributed by atoms with E-state index in [1.54, 1.807) is 18.2 Å². The smallest absolute Gasteiger partial charge is 0.234 e. The summed E-state index contributed by atoms with van der Waals surface area (Å²) in [5, 5.41) is 12.6. The van der Waals surface area contributed by atoms with E-state index < -0.39 is 0 Å². The summed E-state index contributed by atoms with van der Waals surface area (Å²) in [6.45, 7) is 6.22. The van der Waals surface area contributed by atoms with Gasteiger partial charge >= 0.3 is 0 Å². The molecule has 3 aromatic rings. The average Bonchev–Trinajstić information content (AvgIpc) is 3.10. The summed E-state index contributed by atoms with van der Waals surface area (Å²) in [6.07, 6.45) is -0.299. The minimum atomic E-state index is -0.299. The number of amides is 1. The van der Waals surface area contributed by atoms with Gasteiger partial charge in [0.1, 0.15) is 5.75 Å². The van der Waals surface area contributed by atoms with Gasteiger partial charge in [-0.05, 0) is 42.7 Å². The molecule has 3 rings (SSSR count). The number of nitrogens with one attached hydrogen (secondary N) is 1. The monoisotopic (exact) mass is 478 g/mol. The standard InChI is InChI=1S/C22H24Cl2N4O2S/c1-13(2)15-8-10-16(11-9-15)30-14(3)21-26-27-22(28(21)4)31-12-19(29)25-20-17(23)6-5-7-18(20)24/h5-11,13-14H,12H2,1-4H3,(H,25,29). The molecule has 1 unspecified atom stereocenters. The maximum atomic E-state index is 12.3. The molecule has 1 atom stereocenters. The minimum absolute atomic E-state index is 0.138. The quantitative estimate of drug-likeness (QED) is 0.395. The van der Waals surface area contributed by atoms with Crippen LogP contribution in [-0.4, -0.2) is 26.4 Å². The molecule has 2 aromatic carbocycles. The van der Waals surface area contributed by atoms with Crippen molar-refractivity contribution in [2.75, 3.05) is 11.1 Å². The summed E-state index contributed by atoms with van der Waals surface area (Å²) < 4.78 is 7.85. The predicted molar refractivity (Wildman–Crippen MR) is 126 cm³/mol. The molecular formula is C22H24Cl2N4O2S. The molecule has 164 valence electrons. The molecule has 0 spiro atoms. The molecule has 0 bridgehead atoms. The van der Waals surface area contributed by atoms with Crippen molar-refractivity contribution in [1.82, 2.24) is 14.8 Å². The highest BCUT2D eigenvalue weighted by atomic mass is 35.5. The molecule has 1 N–H and O–H groups in total. The second-order valence-corrected chi connectivity index (χ2v) is 9.07. The molecule has 0 aliphatic rings. The fourth-order valence-electron chi connectivity index (χ4n) is 2.92. The molecule has 0 aliphatic heterocycles. The lowest BCUT2D eigenvalue weighted by Gasteiger charge is -2.15. The number of carbonyl (C=O) groups is 1. The zero-order valence-corrected chi connectivity index (χ0v) is 20.1. The summed E-state index contributed by atoms with van der Waals surface area (Å²) >= 11 is 13.5. The summed E-state index contributed by atoms with van der Waals surface area (Å²) in [5.41, 5.74) is 1.66. The summed E-state index contributed by atoms with van der Waals surface area (Å²) in [6, 6.07) is 13.1. The van der Waals surface area contributed by atoms with Gasteiger partial charge in [0.2, 0.25) is 5.91 Å². The lowest BCUT2D eigenvalue weighted by atomic mass is 10.0. The van der Waals surface area contributed by atoms with Gasteiger partial charge in [0.25, 0.3) is 0 Å². The zero-order valence-electron chi connectivity index (χ0n) is 17.7. The average molecular weight is 479 g/mol. The molecular weight excluding hydrogens is 455 g/mol. The number of anilines is 1. The second kappa shape index (κ2) is 10.4. The first-order valence-electron chi connectivity index (χ1n) is 9.78. The van der Waals surface area contributed by atoms with Gasteiger partial charge in [-0.25, -0.2) is 0 Å². The van der Waals surface area contributed by atoms with Crippen molar-refractivity contribution < 1.29 is 9.53 Å². The number of benzene rings is 2. The molecule has 1 amide bonds. The Labute approximate surface area is 196 Å². The number of thioether (sulfide) groups is 1. The maximum Gasteiger partial charge on any atom is 0.234 e. The highest BCUT2D eigenvalue weighted by molar-refractivity contribution is 7.99. The van der Waals surface area contributed by atoms with Crippen molar-refractivity contribution >= 4 is 46.6 Å². The first-order chi connectivity index (χ1) is 14.8. The van der Waals surface area contributed by atoms with E-state index in [1.807, 2.05) is 30.7 Å². The van der Waals surface area contributed by atoms with Crippen LogP contribution < -0.4 is 10.1 Å². The van der Waals surface area contributed by atoms with Crippen molar-refractivity contribution in [2.45, 2.75) is 37.9 Å². The topological polar surface area (TPSA) is 69.0 Å². The van der Waals surface area contributed by atoms with Crippen molar-refractivity contribution in [3.8, 4) is 5.75 Å². The fraction of sp³-hybridized carbons (Fsp3) is 0.318. The summed E-state index contributed by atoms with van der Waals surface area (Å²) in [7, 11) is 1.85. The molecule has 0 radical (unpaired) electrons. The van der Waals surface area contributed by atoms with Gasteiger partial charge < -0.3 is 14.6 Å². The van der Waals surface area contributed by atoms with Crippen LogP contribution in [0.25, 0.3) is 0 Å². The Kier molecular flexibility index (Phi) is 7.86. The van der Waals surface area contributed by atoms with Crippen LogP contribution in [0.15, 0.2) is 47.6 Å². The Morgan fingerprint density at radius 2 is 1.74 bits per heavy atom. The van der Waals surface area contributed by atoms with Gasteiger partial charge in [0.15, 0.2) is 17.1 Å². The number of hydrogen-bond acceptors (Lipinski definition) is 5. The van der Waals surface area contributed by atoms with Crippen LogP contribution in [-0.2, 0) is 11.8 Å². The third-order valence-corrected chi connectivity index (χ3v) is 6.30. The van der Waals surface area contributed by atoms with Gasteiger partial charge in [-0.2, -0.15) is 0 Å². The second-order valence-electron chi connectivity index (χ2n) is 7.32. The Morgan fingerprint density at radius 1 is 1.10 bits per heavy atom. The minimum Gasteiger partial charge on any atom is -0.483 e. The maximum absolute atomic E-state index is 12.3. The number of rotatable bonds is 8. The van der Waals surface area contributed by atoms with Crippen LogP contribution in [0.3, 0.4) is 0 Å². The Balaban J connectivity index is 1.59. The van der Waals surface area contributed by atoms with Crippen molar-refractivity contribution in [1.29, 1.82) is 0 Å². The highest BCUT2D eigenvalue weighted by Gasteiger charge is 2.18. The predicted octanol–water partition coefficient (Wildman–Crippen LogP) is 6.12. The Morgan fingerprint density at radius 3 is 2.35 bits per heavy atom. The first kappa shape index (κ1) is 23.4. The normalized spacial score (nSPS) is 12.1. The molecule has 1 heterocycles. The molecule has 9 heteroatoms. The number of hydrogen-bond donors (Lipinski definition) is 1. The number of carbonyl (C=O) groups excluding carboxylic acids is 1. The lowest BCUT2D eigenvalue weighted by Crippen LogP contribution is -2.15. The van der Waals surface area contributed by atoms with E-state index in [-0.39, 0.29) is 17.8 Å². The van der Waals surface area contributed by atoms with E-state index in [0.717, 1.165) is 5.75 Å². The van der Waals surface area contributed by atoms with Crippen LogP contribution in [0.4, 0.5) is 5.69 Å². The number of nitrogens with zero attached hydrogens (tertiary/aromatic N) is 3. The van der Waals surface area contributed by atoms with Gasteiger partial charge in [-0.3, -0.25) is 4.79 Å². The van der Waals surface area contributed by atoms with Crippen molar-refractivity contribution in [3.05, 3.63) is 63.9 Å². The van der Waals surface area contributed by atoms with E-state index in [4.69, 9.17) is 27.9 Å². The largest absolute Gasteiger partial charge is 0.483 e. The molecule has 0 fully saturated rings.